The molecule has 0 saturated carbocycles. The van der Waals surface area contributed by atoms with Crippen molar-refractivity contribution in [2.24, 2.45) is 0 Å². The number of furan rings is 4. The van der Waals surface area contributed by atoms with Crippen molar-refractivity contribution in [3.63, 3.8) is 0 Å². The Morgan fingerprint density at radius 1 is 0.325 bits per heavy atom. The van der Waals surface area contributed by atoms with Crippen LogP contribution in [-0.4, -0.2) is 111 Å². The third kappa shape index (κ3) is 20.8. The van der Waals surface area contributed by atoms with Gasteiger partial charge in [-0.1, -0.05) is 27.7 Å². The van der Waals surface area contributed by atoms with Gasteiger partial charge in [-0.3, -0.25) is 19.2 Å². The van der Waals surface area contributed by atoms with Gasteiger partial charge in [-0.2, -0.15) is 0 Å². The number of rotatable bonds is 30. The standard InChI is InChI=1S/C22H22Br2O5.C22H22I2O5.C21H20Br2O5.C21H24N2O5/c2*1-2-5-18-20(21(27)13-8-15(23)22(28)16(24)9-13)14-11-17(26)12(6-3-4-7-25)10-19(14)29-18;2*1-2-17-19(20(26)12-7-14(22)21(27)15(23)8-12)13-10-16(25)11(5-3-4-6-24)9-18(13)28-17/h2*8-11,25-26,28H,2-7H2,1H3;7-10,24-25,27H,2-6H2,1H3;7-10,24-25,27H,2-6,22-23H2,1H3. The summed E-state index contributed by atoms with van der Waals surface area (Å²) in [6.45, 7) is 8.24. The molecule has 0 amide bonds. The Labute approximate surface area is 718 Å². The predicted molar refractivity (Wildman–Crippen MR) is 470 cm³/mol. The fourth-order valence-corrected chi connectivity index (χ4v) is 17.3. The monoisotopic (exact) mass is 2040 g/mol. The molecule has 4 aromatic heterocycles. The minimum atomic E-state index is -0.346. The first-order valence-corrected chi connectivity index (χ1v) is 42.4. The van der Waals surface area contributed by atoms with Gasteiger partial charge in [-0.15, -0.1) is 0 Å². The van der Waals surface area contributed by atoms with Crippen LogP contribution in [0.15, 0.2) is 133 Å². The van der Waals surface area contributed by atoms with Gasteiger partial charge in [-0.25, -0.2) is 0 Å². The number of halogens is 6. The number of benzene rings is 8. The third-order valence-electron chi connectivity index (χ3n) is 19.0. The Morgan fingerprint density at radius 3 is 0.825 bits per heavy atom. The van der Waals surface area contributed by atoms with Crippen molar-refractivity contribution in [1.82, 2.24) is 0 Å². The molecule has 0 spiro atoms. The largest absolute Gasteiger partial charge is 0.508 e. The van der Waals surface area contributed by atoms with Gasteiger partial charge >= 0.3 is 0 Å². The number of nitrogens with two attached hydrogens (primary N) is 2. The van der Waals surface area contributed by atoms with Crippen molar-refractivity contribution >= 4 is 187 Å². The molecule has 0 aliphatic carbocycles. The molecule has 4 heterocycles. The molecule has 604 valence electrons. The summed E-state index contributed by atoms with van der Waals surface area (Å²) in [6.07, 6.45) is 11.9. The van der Waals surface area contributed by atoms with Crippen LogP contribution in [0.5, 0.6) is 46.0 Å². The highest BCUT2D eigenvalue weighted by Gasteiger charge is 2.30. The number of phenols is 8. The van der Waals surface area contributed by atoms with E-state index >= 15 is 0 Å². The molecule has 12 rings (SSSR count). The van der Waals surface area contributed by atoms with E-state index in [9.17, 15) is 60.0 Å². The lowest BCUT2D eigenvalue weighted by molar-refractivity contribution is 0.103. The average Bonchev–Trinajstić information content (AvgIpc) is 1.63. The fraction of sp³-hybridized carbons (Fsp3) is 0.302. The van der Waals surface area contributed by atoms with E-state index in [0.29, 0.717) is 214 Å². The van der Waals surface area contributed by atoms with E-state index in [2.05, 4.69) is 63.7 Å². The molecule has 0 aliphatic rings. The van der Waals surface area contributed by atoms with E-state index in [1.54, 1.807) is 78.9 Å². The number of unbranched alkanes of at least 4 members (excludes halogenated alkanes) is 4. The number of fused-ring (bicyclic) bond motifs is 4. The number of ketones is 4. The Hall–Kier alpha value is -8.18. The number of hydrogen-bond donors (Lipinski definition) is 14. The van der Waals surface area contributed by atoms with Gasteiger partial charge in [0.2, 0.25) is 0 Å². The number of carbonyl (C=O) groups excluding carboxylic acids is 4. The van der Waals surface area contributed by atoms with Crippen LogP contribution in [0.25, 0.3) is 43.9 Å². The Kier molecular flexibility index (Phi) is 32.3. The smallest absolute Gasteiger partial charge is 0.197 e. The molecule has 0 bridgehead atoms. The normalized spacial score (nSPS) is 11.3. The number of aliphatic hydroxyl groups is 4. The summed E-state index contributed by atoms with van der Waals surface area (Å²) < 4.78 is 26.7. The van der Waals surface area contributed by atoms with Crippen LogP contribution in [0, 0.1) is 7.14 Å². The van der Waals surface area contributed by atoms with Gasteiger partial charge in [0, 0.05) is 95.9 Å². The Balaban J connectivity index is 0.000000174. The quantitative estimate of drug-likeness (QED) is 0.00653. The molecule has 8 aromatic carbocycles. The fourth-order valence-electron chi connectivity index (χ4n) is 13.2. The topological polar surface area (TPSA) is 416 Å². The summed E-state index contributed by atoms with van der Waals surface area (Å²) in [6, 6.07) is 25.7. The zero-order chi connectivity index (χ0) is 83.1. The maximum Gasteiger partial charge on any atom is 0.197 e. The molecule has 28 heteroatoms. The van der Waals surface area contributed by atoms with Crippen molar-refractivity contribution in [1.29, 1.82) is 0 Å². The second-order valence-electron chi connectivity index (χ2n) is 27.1. The number of carbonyl (C=O) groups is 4. The summed E-state index contributed by atoms with van der Waals surface area (Å²) in [7, 11) is 0. The molecular formula is C86H88Br4I2N2O20. The lowest BCUT2D eigenvalue weighted by atomic mass is 9.96. The van der Waals surface area contributed by atoms with Gasteiger partial charge in [0.15, 0.2) is 28.9 Å². The number of hydrogen-bond acceptors (Lipinski definition) is 22. The molecule has 16 N–H and O–H groups in total. The van der Waals surface area contributed by atoms with Crippen LogP contribution >= 0.6 is 109 Å². The van der Waals surface area contributed by atoms with Gasteiger partial charge in [-0.05, 0) is 318 Å². The number of anilines is 2. The van der Waals surface area contributed by atoms with E-state index in [0.717, 1.165) is 55.2 Å². The molecule has 0 saturated heterocycles. The van der Waals surface area contributed by atoms with Gasteiger partial charge in [0.1, 0.15) is 85.6 Å². The molecule has 0 radical (unpaired) electrons. The molecule has 114 heavy (non-hydrogen) atoms. The average molecular weight is 2040 g/mol. The van der Waals surface area contributed by atoms with E-state index in [1.807, 2.05) is 72.9 Å². The Morgan fingerprint density at radius 2 is 0.570 bits per heavy atom. The molecule has 0 aliphatic heterocycles. The predicted octanol–water partition coefficient (Wildman–Crippen LogP) is 20.0. The minimum Gasteiger partial charge on any atom is -0.508 e. The van der Waals surface area contributed by atoms with Gasteiger partial charge in [0.05, 0.1) is 58.7 Å². The number of nitrogen functional groups attached to an aromatic ring is 2. The highest BCUT2D eigenvalue weighted by molar-refractivity contribution is 14.1. The van der Waals surface area contributed by atoms with Crippen molar-refractivity contribution < 1.29 is 98.1 Å². The SMILES string of the molecule is CCCc1oc2cc(CCCCO)c(O)cc2c1C(=O)c1cc(Br)c(O)c(Br)c1.CCCc1oc2cc(CCCCO)c(O)cc2c1C(=O)c1cc(I)c(O)c(I)c1.CCc1oc2cc(CCCCO)c(O)cc2c1C(=O)c1cc(Br)c(O)c(Br)c1.CCc1oc2cc(CCCCO)c(O)cc2c1C(=O)c1cc(N)c(O)c(N)c1. The second kappa shape index (κ2) is 41.1. The van der Waals surface area contributed by atoms with Crippen LogP contribution in [0.2, 0.25) is 0 Å². The zero-order valence-electron chi connectivity index (χ0n) is 62.8. The highest BCUT2D eigenvalue weighted by Crippen LogP contribution is 2.43. The van der Waals surface area contributed by atoms with Crippen molar-refractivity contribution in [3.05, 3.63) is 212 Å². The van der Waals surface area contributed by atoms with E-state index in [-0.39, 0.29) is 112 Å². The molecule has 12 aromatic rings. The van der Waals surface area contributed by atoms with Crippen molar-refractivity contribution in [2.75, 3.05) is 37.9 Å². The summed E-state index contributed by atoms with van der Waals surface area (Å²) in [5.74, 6) is 1.61. The van der Waals surface area contributed by atoms with Crippen LogP contribution in [0.4, 0.5) is 11.4 Å². The minimum absolute atomic E-state index is 0.0169. The molecule has 0 fully saturated rings. The maximum atomic E-state index is 13.4. The number of aromatic hydroxyl groups is 8. The molecule has 0 atom stereocenters. The second-order valence-corrected chi connectivity index (χ2v) is 32.9. The van der Waals surface area contributed by atoms with E-state index in [1.165, 1.54) is 18.2 Å². The molecule has 0 unspecified atom stereocenters. The summed E-state index contributed by atoms with van der Waals surface area (Å²) in [5, 5.41) is 119. The van der Waals surface area contributed by atoms with Crippen LogP contribution in [0.3, 0.4) is 0 Å². The molecule has 22 nitrogen and oxygen atoms in total. The Bertz CT molecular complexity index is 5120. The number of aliphatic hydroxyl groups excluding tert-OH is 4. The lowest BCUT2D eigenvalue weighted by Crippen LogP contribution is -2.06. The lowest BCUT2D eigenvalue weighted by Gasteiger charge is -2.08. The maximum absolute atomic E-state index is 13.4. The third-order valence-corrected chi connectivity index (χ3v) is 23.1. The van der Waals surface area contributed by atoms with E-state index in [4.69, 9.17) is 49.6 Å². The van der Waals surface area contributed by atoms with Crippen LogP contribution in [0.1, 0.15) is 201 Å². The highest BCUT2D eigenvalue weighted by atomic mass is 127. The first-order chi connectivity index (χ1) is 54.5. The molecular weight excluding hydrogens is 1950 g/mol. The summed E-state index contributed by atoms with van der Waals surface area (Å²) >= 11 is 17.0. The van der Waals surface area contributed by atoms with Crippen molar-refractivity contribution in [2.45, 2.75) is 143 Å². The first kappa shape index (κ1) is 89.7. The first-order valence-electron chi connectivity index (χ1n) is 37.1. The van der Waals surface area contributed by atoms with Crippen LogP contribution in [-0.2, 0) is 51.4 Å². The number of aryl methyl sites for hydroxylation is 8. The van der Waals surface area contributed by atoms with E-state index < -0.39 is 0 Å². The number of phenolic OH excluding ortho intramolecular Hbond substituents is 8. The van der Waals surface area contributed by atoms with Crippen molar-refractivity contribution in [3.8, 4) is 46.0 Å². The summed E-state index contributed by atoms with van der Waals surface area (Å²) in [4.78, 5) is 53.1. The van der Waals surface area contributed by atoms with Gasteiger partial charge in [0.25, 0.3) is 0 Å². The van der Waals surface area contributed by atoms with Gasteiger partial charge < -0.3 is 90.4 Å². The van der Waals surface area contributed by atoms with Crippen LogP contribution < -0.4 is 11.5 Å². The zero-order valence-corrected chi connectivity index (χ0v) is 73.5. The summed E-state index contributed by atoms with van der Waals surface area (Å²) in [5.41, 5.74) is 19.8.